The zero-order chi connectivity index (χ0) is 19.8. The number of oxazole rings is 1. The smallest absolute Gasteiger partial charge is 0.226 e. The van der Waals surface area contributed by atoms with Crippen LogP contribution in [0.2, 0.25) is 0 Å². The Labute approximate surface area is 185 Å². The van der Waals surface area contributed by atoms with E-state index < -0.39 is 0 Å². The van der Waals surface area contributed by atoms with E-state index in [1.165, 1.54) is 24.3 Å². The van der Waals surface area contributed by atoms with Crippen LogP contribution in [0.15, 0.2) is 64.2 Å². The lowest BCUT2D eigenvalue weighted by molar-refractivity contribution is 0.571. The van der Waals surface area contributed by atoms with Gasteiger partial charge in [-0.05, 0) is 48.9 Å². The predicted molar refractivity (Wildman–Crippen MR) is 120 cm³/mol. The van der Waals surface area contributed by atoms with E-state index >= 15 is 0 Å². The van der Waals surface area contributed by atoms with Gasteiger partial charge in [-0.1, -0.05) is 12.1 Å². The zero-order valence-corrected chi connectivity index (χ0v) is 18.3. The molecular formula is C21H23F2IN4O. The number of hydrogen-bond donors (Lipinski definition) is 2. The van der Waals surface area contributed by atoms with Gasteiger partial charge < -0.3 is 15.1 Å². The van der Waals surface area contributed by atoms with Crippen molar-refractivity contribution in [2.75, 3.05) is 13.1 Å². The topological polar surface area (TPSA) is 62.5 Å². The number of rotatable bonds is 7. The normalized spacial score (nSPS) is 11.1. The first-order valence-corrected chi connectivity index (χ1v) is 9.11. The highest BCUT2D eigenvalue weighted by molar-refractivity contribution is 14.0. The molecule has 154 valence electrons. The van der Waals surface area contributed by atoms with Crippen LogP contribution >= 0.6 is 24.0 Å². The van der Waals surface area contributed by atoms with Crippen LogP contribution in [0.3, 0.4) is 0 Å². The summed E-state index contributed by atoms with van der Waals surface area (Å²) in [5, 5.41) is 6.41. The van der Waals surface area contributed by atoms with Crippen molar-refractivity contribution in [3.05, 3.63) is 77.7 Å². The molecule has 5 nitrogen and oxygen atoms in total. The van der Waals surface area contributed by atoms with E-state index in [0.717, 1.165) is 23.4 Å². The summed E-state index contributed by atoms with van der Waals surface area (Å²) in [5.41, 5.74) is 2.45. The minimum absolute atomic E-state index is 0. The summed E-state index contributed by atoms with van der Waals surface area (Å²) < 4.78 is 31.5. The van der Waals surface area contributed by atoms with Crippen LogP contribution < -0.4 is 10.6 Å². The van der Waals surface area contributed by atoms with E-state index in [-0.39, 0.29) is 35.6 Å². The molecule has 29 heavy (non-hydrogen) atoms. The Morgan fingerprint density at radius 2 is 1.66 bits per heavy atom. The van der Waals surface area contributed by atoms with Gasteiger partial charge in [0.1, 0.15) is 17.9 Å². The average molecular weight is 512 g/mol. The third-order valence-corrected chi connectivity index (χ3v) is 3.99. The molecule has 0 unspecified atom stereocenters. The average Bonchev–Trinajstić information content (AvgIpc) is 3.17. The van der Waals surface area contributed by atoms with Crippen LogP contribution in [0, 0.1) is 11.6 Å². The Morgan fingerprint density at radius 3 is 2.31 bits per heavy atom. The lowest BCUT2D eigenvalue weighted by atomic mass is 10.2. The van der Waals surface area contributed by atoms with Crippen molar-refractivity contribution in [3.63, 3.8) is 0 Å². The third kappa shape index (κ3) is 7.12. The molecule has 2 aromatic carbocycles. The Bertz CT molecular complexity index is 911. The van der Waals surface area contributed by atoms with Crippen LogP contribution in [0.25, 0.3) is 11.5 Å². The summed E-state index contributed by atoms with van der Waals surface area (Å²) in [6.45, 7) is 3.79. The Balaban J connectivity index is 0.00000300. The minimum Gasteiger partial charge on any atom is -0.444 e. The molecule has 0 aliphatic carbocycles. The summed E-state index contributed by atoms with van der Waals surface area (Å²) in [5.74, 6) is 0.585. The Hall–Kier alpha value is -2.49. The largest absolute Gasteiger partial charge is 0.444 e. The summed E-state index contributed by atoms with van der Waals surface area (Å²) >= 11 is 0. The van der Waals surface area contributed by atoms with Gasteiger partial charge in [-0.15, -0.1) is 24.0 Å². The molecule has 3 aromatic rings. The summed E-state index contributed by atoms with van der Waals surface area (Å²) in [6, 6.07) is 12.3. The molecule has 0 amide bonds. The lowest BCUT2D eigenvalue weighted by Crippen LogP contribution is -2.38. The molecule has 3 rings (SSSR count). The second kappa shape index (κ2) is 11.5. The van der Waals surface area contributed by atoms with Crippen molar-refractivity contribution in [2.24, 2.45) is 4.99 Å². The molecule has 2 N–H and O–H groups in total. The molecule has 1 heterocycles. The van der Waals surface area contributed by atoms with E-state index in [1.807, 2.05) is 6.92 Å². The summed E-state index contributed by atoms with van der Waals surface area (Å²) in [7, 11) is 0. The number of guanidine groups is 1. The van der Waals surface area contributed by atoms with Gasteiger partial charge in [-0.25, -0.2) is 18.8 Å². The first-order valence-electron chi connectivity index (χ1n) is 9.11. The second-order valence-electron chi connectivity index (χ2n) is 6.15. The lowest BCUT2D eigenvalue weighted by Gasteiger charge is -2.10. The maximum atomic E-state index is 13.0. The van der Waals surface area contributed by atoms with Crippen LogP contribution in [-0.2, 0) is 13.0 Å². The molecule has 0 saturated carbocycles. The van der Waals surface area contributed by atoms with E-state index in [9.17, 15) is 8.78 Å². The molecule has 0 spiro atoms. The van der Waals surface area contributed by atoms with Gasteiger partial charge in [0.25, 0.3) is 0 Å². The van der Waals surface area contributed by atoms with Crippen LogP contribution in [0.1, 0.15) is 18.2 Å². The number of nitrogens with one attached hydrogen (secondary N) is 2. The molecule has 1 aromatic heterocycles. The number of benzene rings is 2. The minimum atomic E-state index is -0.296. The van der Waals surface area contributed by atoms with Gasteiger partial charge in [-0.3, -0.25) is 0 Å². The highest BCUT2D eigenvalue weighted by atomic mass is 127. The molecule has 0 radical (unpaired) electrons. The van der Waals surface area contributed by atoms with Gasteiger partial charge in [0.05, 0.1) is 12.2 Å². The Morgan fingerprint density at radius 1 is 1.00 bits per heavy atom. The molecule has 0 aliphatic rings. The molecule has 8 heteroatoms. The fourth-order valence-electron chi connectivity index (χ4n) is 2.56. The van der Waals surface area contributed by atoms with Gasteiger partial charge in [0.2, 0.25) is 5.89 Å². The van der Waals surface area contributed by atoms with Gasteiger partial charge >= 0.3 is 0 Å². The Kier molecular flexibility index (Phi) is 9.04. The SMILES string of the molecule is CCNC(=NCc1ccc(F)cc1)NCCc1coc(-c2ccc(F)cc2)n1.I. The van der Waals surface area contributed by atoms with Crippen LogP contribution in [0.5, 0.6) is 0 Å². The van der Waals surface area contributed by atoms with E-state index in [2.05, 4.69) is 20.6 Å². The second-order valence-corrected chi connectivity index (χ2v) is 6.15. The van der Waals surface area contributed by atoms with Crippen LogP contribution in [0.4, 0.5) is 8.78 Å². The highest BCUT2D eigenvalue weighted by Crippen LogP contribution is 2.18. The van der Waals surface area contributed by atoms with Crippen LogP contribution in [-0.4, -0.2) is 24.0 Å². The van der Waals surface area contributed by atoms with Crippen molar-refractivity contribution in [3.8, 4) is 11.5 Å². The summed E-state index contributed by atoms with van der Waals surface area (Å²) in [6.07, 6.45) is 2.24. The maximum Gasteiger partial charge on any atom is 0.226 e. The third-order valence-electron chi connectivity index (χ3n) is 3.99. The zero-order valence-electron chi connectivity index (χ0n) is 16.0. The van der Waals surface area contributed by atoms with Crippen molar-refractivity contribution in [1.29, 1.82) is 0 Å². The molecule has 0 bridgehead atoms. The monoisotopic (exact) mass is 512 g/mol. The molecule has 0 atom stereocenters. The first kappa shape index (κ1) is 22.8. The fourth-order valence-corrected chi connectivity index (χ4v) is 2.56. The number of hydrogen-bond acceptors (Lipinski definition) is 3. The molecule has 0 saturated heterocycles. The summed E-state index contributed by atoms with van der Waals surface area (Å²) in [4.78, 5) is 8.93. The number of halogens is 3. The first-order chi connectivity index (χ1) is 13.6. The number of aromatic nitrogens is 1. The van der Waals surface area contributed by atoms with Crippen molar-refractivity contribution >= 4 is 29.9 Å². The van der Waals surface area contributed by atoms with Gasteiger partial charge in [0, 0.05) is 25.1 Å². The molecule has 0 fully saturated rings. The predicted octanol–water partition coefficient (Wildman–Crippen LogP) is 4.54. The molecular weight excluding hydrogens is 489 g/mol. The van der Waals surface area contributed by atoms with Crippen molar-refractivity contribution < 1.29 is 13.2 Å². The van der Waals surface area contributed by atoms with Crippen molar-refractivity contribution in [1.82, 2.24) is 15.6 Å². The highest BCUT2D eigenvalue weighted by Gasteiger charge is 2.07. The van der Waals surface area contributed by atoms with Gasteiger partial charge in [-0.2, -0.15) is 0 Å². The van der Waals surface area contributed by atoms with Gasteiger partial charge in [0.15, 0.2) is 5.96 Å². The molecule has 0 aliphatic heterocycles. The maximum absolute atomic E-state index is 13.0. The number of nitrogens with zero attached hydrogens (tertiary/aromatic N) is 2. The van der Waals surface area contributed by atoms with E-state index in [4.69, 9.17) is 4.42 Å². The number of aliphatic imine (C=N–C) groups is 1. The van der Waals surface area contributed by atoms with Crippen molar-refractivity contribution in [2.45, 2.75) is 19.9 Å². The fraction of sp³-hybridized carbons (Fsp3) is 0.238. The van der Waals surface area contributed by atoms with E-state index in [0.29, 0.717) is 31.4 Å². The van der Waals surface area contributed by atoms with E-state index in [1.54, 1.807) is 30.5 Å². The quantitative estimate of drug-likeness (QED) is 0.278. The standard InChI is InChI=1S/C21H22F2N4O.HI/c1-2-24-21(26-13-15-3-7-17(22)8-4-15)25-12-11-19-14-28-20(27-19)16-5-9-18(23)10-6-16;/h3-10,14H,2,11-13H2,1H3,(H2,24,25,26);1H.